The molecule has 0 saturated carbocycles. The van der Waals surface area contributed by atoms with Gasteiger partial charge in [0.2, 0.25) is 0 Å². The molecule has 22 heavy (non-hydrogen) atoms. The molecule has 2 aromatic rings. The fourth-order valence-corrected chi connectivity index (χ4v) is 2.86. The summed E-state index contributed by atoms with van der Waals surface area (Å²) in [6, 6.07) is 13.3. The maximum Gasteiger partial charge on any atom is 0.141 e. The molecule has 0 amide bonds. The minimum Gasteiger partial charge on any atom is -0.378 e. The fourth-order valence-electron chi connectivity index (χ4n) is 2.86. The van der Waals surface area contributed by atoms with Crippen molar-refractivity contribution in [2.24, 2.45) is 0 Å². The Balaban J connectivity index is 1.70. The average Bonchev–Trinajstić information content (AvgIpc) is 3.07. The van der Waals surface area contributed by atoms with E-state index < -0.39 is 0 Å². The van der Waals surface area contributed by atoms with Gasteiger partial charge in [0.05, 0.1) is 24.0 Å². The smallest absolute Gasteiger partial charge is 0.141 e. The number of nitrogens with zero attached hydrogens (tertiary/aromatic N) is 1. The molecule has 2 atom stereocenters. The molecule has 0 bridgehead atoms. The highest BCUT2D eigenvalue weighted by atomic mass is 19.1. The second-order valence-electron chi connectivity index (χ2n) is 5.62. The first-order chi connectivity index (χ1) is 10.8. The second kappa shape index (κ2) is 7.47. The highest BCUT2D eigenvalue weighted by molar-refractivity contribution is 5.27. The number of pyridine rings is 1. The van der Waals surface area contributed by atoms with Crippen LogP contribution in [0.2, 0.25) is 0 Å². The van der Waals surface area contributed by atoms with E-state index in [-0.39, 0.29) is 11.9 Å². The molecule has 1 aliphatic rings. The lowest BCUT2D eigenvalue weighted by atomic mass is 10.0. The van der Waals surface area contributed by atoms with Gasteiger partial charge in [0.1, 0.15) is 5.82 Å². The maximum absolute atomic E-state index is 13.1. The zero-order valence-electron chi connectivity index (χ0n) is 12.5. The van der Waals surface area contributed by atoms with Gasteiger partial charge in [-0.15, -0.1) is 0 Å². The molecule has 1 saturated heterocycles. The molecule has 0 radical (unpaired) electrons. The standard InChI is InChI=1S/C18H21FN2O/c19-15-8-9-17(21-13-15)18(14-5-2-1-3-6-14)20-11-10-16-7-4-12-22-16/h1-3,5-6,8-9,13,16,18,20H,4,7,10-12H2/t16-,18-/m1/s1. The summed E-state index contributed by atoms with van der Waals surface area (Å²) in [6.45, 7) is 1.73. The minimum atomic E-state index is -0.310. The van der Waals surface area contributed by atoms with Gasteiger partial charge in [0.25, 0.3) is 0 Å². The van der Waals surface area contributed by atoms with Gasteiger partial charge in [-0.25, -0.2) is 4.39 Å². The number of benzene rings is 1. The normalized spacial score (nSPS) is 19.2. The summed E-state index contributed by atoms with van der Waals surface area (Å²) in [4.78, 5) is 4.24. The highest BCUT2D eigenvalue weighted by Crippen LogP contribution is 2.21. The Morgan fingerprint density at radius 1 is 1.23 bits per heavy atom. The Morgan fingerprint density at radius 3 is 2.77 bits per heavy atom. The Morgan fingerprint density at radius 2 is 2.09 bits per heavy atom. The van der Waals surface area contributed by atoms with Crippen LogP contribution in [0.5, 0.6) is 0 Å². The van der Waals surface area contributed by atoms with E-state index >= 15 is 0 Å². The van der Waals surface area contributed by atoms with Crippen molar-refractivity contribution in [3.05, 3.63) is 65.7 Å². The van der Waals surface area contributed by atoms with Crippen LogP contribution in [-0.2, 0) is 4.74 Å². The largest absolute Gasteiger partial charge is 0.378 e. The van der Waals surface area contributed by atoms with Crippen molar-refractivity contribution in [1.29, 1.82) is 0 Å². The average molecular weight is 300 g/mol. The predicted octanol–water partition coefficient (Wildman–Crippen LogP) is 3.47. The zero-order valence-corrected chi connectivity index (χ0v) is 12.5. The van der Waals surface area contributed by atoms with Crippen molar-refractivity contribution >= 4 is 0 Å². The minimum absolute atomic E-state index is 0.0248. The van der Waals surface area contributed by atoms with Crippen LogP contribution in [0.15, 0.2) is 48.7 Å². The monoisotopic (exact) mass is 300 g/mol. The molecule has 4 heteroatoms. The number of rotatable bonds is 6. The summed E-state index contributed by atoms with van der Waals surface area (Å²) in [5.74, 6) is -0.310. The summed E-state index contributed by atoms with van der Waals surface area (Å²) in [6.07, 6.45) is 4.93. The lowest BCUT2D eigenvalue weighted by Gasteiger charge is -2.20. The van der Waals surface area contributed by atoms with Crippen LogP contribution in [0.4, 0.5) is 4.39 Å². The van der Waals surface area contributed by atoms with Crippen LogP contribution in [0, 0.1) is 5.82 Å². The molecule has 116 valence electrons. The lowest BCUT2D eigenvalue weighted by molar-refractivity contribution is 0.104. The van der Waals surface area contributed by atoms with Crippen LogP contribution < -0.4 is 5.32 Å². The molecular weight excluding hydrogens is 279 g/mol. The highest BCUT2D eigenvalue weighted by Gasteiger charge is 2.18. The van der Waals surface area contributed by atoms with Crippen molar-refractivity contribution < 1.29 is 9.13 Å². The predicted molar refractivity (Wildman–Crippen MR) is 84.1 cm³/mol. The Hall–Kier alpha value is -1.78. The molecule has 2 heterocycles. The first kappa shape index (κ1) is 15.1. The summed E-state index contributed by atoms with van der Waals surface area (Å²) >= 11 is 0. The molecule has 0 spiro atoms. The summed E-state index contributed by atoms with van der Waals surface area (Å²) in [5.41, 5.74) is 1.97. The van der Waals surface area contributed by atoms with Crippen LogP contribution in [0.3, 0.4) is 0 Å². The van der Waals surface area contributed by atoms with Crippen molar-refractivity contribution in [3.63, 3.8) is 0 Å². The number of aromatic nitrogens is 1. The lowest BCUT2D eigenvalue weighted by Crippen LogP contribution is -2.26. The second-order valence-corrected chi connectivity index (χ2v) is 5.62. The van der Waals surface area contributed by atoms with Crippen molar-refractivity contribution in [2.45, 2.75) is 31.4 Å². The first-order valence-corrected chi connectivity index (χ1v) is 7.84. The molecule has 1 aliphatic heterocycles. The quantitative estimate of drug-likeness (QED) is 0.887. The van der Waals surface area contributed by atoms with Crippen molar-refractivity contribution in [3.8, 4) is 0 Å². The fraction of sp³-hybridized carbons (Fsp3) is 0.389. The summed E-state index contributed by atoms with van der Waals surface area (Å²) in [5, 5.41) is 3.53. The van der Waals surface area contributed by atoms with Crippen LogP contribution >= 0.6 is 0 Å². The van der Waals surface area contributed by atoms with Gasteiger partial charge in [0.15, 0.2) is 0 Å². The Kier molecular flexibility index (Phi) is 5.14. The van der Waals surface area contributed by atoms with E-state index in [1.54, 1.807) is 6.07 Å². The van der Waals surface area contributed by atoms with E-state index in [4.69, 9.17) is 4.74 Å². The first-order valence-electron chi connectivity index (χ1n) is 7.84. The van der Waals surface area contributed by atoms with E-state index in [0.717, 1.165) is 43.7 Å². The van der Waals surface area contributed by atoms with Crippen LogP contribution in [-0.4, -0.2) is 24.2 Å². The third kappa shape index (κ3) is 3.90. The van der Waals surface area contributed by atoms with E-state index in [1.807, 2.05) is 18.2 Å². The van der Waals surface area contributed by atoms with Crippen molar-refractivity contribution in [2.75, 3.05) is 13.2 Å². The number of hydrogen-bond acceptors (Lipinski definition) is 3. The van der Waals surface area contributed by atoms with Gasteiger partial charge in [-0.05, 0) is 43.5 Å². The maximum atomic E-state index is 13.1. The molecule has 1 aromatic heterocycles. The van der Waals surface area contributed by atoms with E-state index in [2.05, 4.69) is 22.4 Å². The SMILES string of the molecule is Fc1ccc([C@H](NCC[C@H]2CCCO2)c2ccccc2)nc1. The topological polar surface area (TPSA) is 34.1 Å². The van der Waals surface area contributed by atoms with Crippen LogP contribution in [0.1, 0.15) is 36.6 Å². The molecule has 1 fully saturated rings. The molecular formula is C18H21FN2O. The zero-order chi connectivity index (χ0) is 15.2. The van der Waals surface area contributed by atoms with Gasteiger partial charge in [-0.2, -0.15) is 0 Å². The molecule has 1 aromatic carbocycles. The van der Waals surface area contributed by atoms with Crippen LogP contribution in [0.25, 0.3) is 0 Å². The van der Waals surface area contributed by atoms with Gasteiger partial charge >= 0.3 is 0 Å². The number of hydrogen-bond donors (Lipinski definition) is 1. The molecule has 0 aliphatic carbocycles. The molecule has 3 nitrogen and oxygen atoms in total. The van der Waals surface area contributed by atoms with Gasteiger partial charge in [-0.3, -0.25) is 4.98 Å². The summed E-state index contributed by atoms with van der Waals surface area (Å²) in [7, 11) is 0. The summed E-state index contributed by atoms with van der Waals surface area (Å²) < 4.78 is 18.8. The van der Waals surface area contributed by atoms with Gasteiger partial charge in [0, 0.05) is 6.61 Å². The Labute approximate surface area is 130 Å². The van der Waals surface area contributed by atoms with E-state index in [0.29, 0.717) is 6.10 Å². The van der Waals surface area contributed by atoms with E-state index in [9.17, 15) is 4.39 Å². The number of nitrogens with one attached hydrogen (secondary N) is 1. The third-order valence-electron chi connectivity index (χ3n) is 4.02. The van der Waals surface area contributed by atoms with Gasteiger partial charge < -0.3 is 10.1 Å². The number of halogens is 1. The van der Waals surface area contributed by atoms with Gasteiger partial charge in [-0.1, -0.05) is 30.3 Å². The molecule has 1 N–H and O–H groups in total. The third-order valence-corrected chi connectivity index (χ3v) is 4.02. The molecule has 0 unspecified atom stereocenters. The Bertz CT molecular complexity index is 567. The number of ether oxygens (including phenoxy) is 1. The van der Waals surface area contributed by atoms with E-state index in [1.165, 1.54) is 12.3 Å². The van der Waals surface area contributed by atoms with Crippen molar-refractivity contribution in [1.82, 2.24) is 10.3 Å². The molecule has 3 rings (SSSR count).